The Balaban J connectivity index is 1.12. The number of carbonyl (C=O) groups excluding carboxylic acids is 5. The topological polar surface area (TPSA) is 173 Å². The molecule has 3 unspecified atom stereocenters. The van der Waals surface area contributed by atoms with Gasteiger partial charge in [0.05, 0.1) is 0 Å². The van der Waals surface area contributed by atoms with Crippen molar-refractivity contribution in [3.8, 4) is 0 Å². The molecule has 4 atom stereocenters. The molecule has 6 rings (SSSR count). The Bertz CT molecular complexity index is 1640. The predicted molar refractivity (Wildman–Crippen MR) is 166 cm³/mol. The van der Waals surface area contributed by atoms with E-state index in [-0.39, 0.29) is 48.8 Å². The van der Waals surface area contributed by atoms with Gasteiger partial charge in [0.25, 0.3) is 17.4 Å². The van der Waals surface area contributed by atoms with Gasteiger partial charge in [-0.1, -0.05) is 19.3 Å². The molecule has 13 nitrogen and oxygen atoms in total. The minimum atomic E-state index is -1.25. The third-order valence-corrected chi connectivity index (χ3v) is 10.00. The lowest BCUT2D eigenvalue weighted by molar-refractivity contribution is -0.138. The van der Waals surface area contributed by atoms with Crippen LogP contribution in [-0.4, -0.2) is 61.5 Å². The van der Waals surface area contributed by atoms with Crippen LogP contribution in [0.25, 0.3) is 4.96 Å². The van der Waals surface area contributed by atoms with Gasteiger partial charge in [-0.05, 0) is 62.5 Å². The Labute approximate surface area is 263 Å². The van der Waals surface area contributed by atoms with Crippen LogP contribution in [0.15, 0.2) is 40.9 Å². The van der Waals surface area contributed by atoms with E-state index in [9.17, 15) is 28.8 Å². The number of ketones is 1. The smallest absolute Gasteiger partial charge is 0.287 e. The lowest BCUT2D eigenvalue weighted by Crippen LogP contribution is -2.46. The zero-order valence-corrected chi connectivity index (χ0v) is 25.6. The highest BCUT2D eigenvalue weighted by Crippen LogP contribution is 2.44. The van der Waals surface area contributed by atoms with E-state index in [0.717, 1.165) is 44.9 Å². The first-order valence-electron chi connectivity index (χ1n) is 15.6. The van der Waals surface area contributed by atoms with E-state index in [1.165, 1.54) is 40.8 Å². The molecule has 3 aliphatic carbocycles. The summed E-state index contributed by atoms with van der Waals surface area (Å²) in [6.07, 6.45) is 12.3. The molecule has 4 amide bonds. The van der Waals surface area contributed by atoms with Crippen molar-refractivity contribution in [1.82, 2.24) is 29.9 Å². The molecule has 3 saturated carbocycles. The summed E-state index contributed by atoms with van der Waals surface area (Å²) in [6.45, 7) is -0.196. The van der Waals surface area contributed by atoms with E-state index >= 15 is 0 Å². The van der Waals surface area contributed by atoms with Crippen LogP contribution in [0.1, 0.15) is 74.7 Å². The van der Waals surface area contributed by atoms with Crippen LogP contribution in [-0.2, 0) is 25.7 Å². The summed E-state index contributed by atoms with van der Waals surface area (Å²) in [5.74, 6) is -1.90. The Morgan fingerprint density at radius 3 is 2.58 bits per heavy atom. The number of thiazole rings is 1. The van der Waals surface area contributed by atoms with Crippen LogP contribution in [0.4, 0.5) is 5.69 Å². The molecule has 0 aromatic carbocycles. The van der Waals surface area contributed by atoms with Crippen LogP contribution < -0.4 is 26.8 Å². The third kappa shape index (κ3) is 7.16. The normalized spacial score (nSPS) is 21.5. The average Bonchev–Trinajstić information content (AvgIpc) is 3.84. The molecule has 0 saturated heterocycles. The zero-order valence-electron chi connectivity index (χ0n) is 24.8. The molecule has 0 spiro atoms. The summed E-state index contributed by atoms with van der Waals surface area (Å²) in [4.78, 5) is 82.5. The Morgan fingerprint density at radius 2 is 1.84 bits per heavy atom. The number of anilines is 1. The second-order valence-electron chi connectivity index (χ2n) is 12.4. The van der Waals surface area contributed by atoms with Gasteiger partial charge < -0.3 is 25.8 Å². The van der Waals surface area contributed by atoms with Gasteiger partial charge >= 0.3 is 0 Å². The maximum absolute atomic E-state index is 13.5. The van der Waals surface area contributed by atoms with Gasteiger partial charge in [-0.2, -0.15) is 0 Å². The second kappa shape index (κ2) is 13.3. The van der Waals surface area contributed by atoms with Crippen LogP contribution in [0.2, 0.25) is 0 Å². The van der Waals surface area contributed by atoms with Gasteiger partial charge in [0.15, 0.2) is 4.96 Å². The highest BCUT2D eigenvalue weighted by atomic mass is 32.1. The third-order valence-electron chi connectivity index (χ3n) is 9.23. The molecule has 14 heteroatoms. The van der Waals surface area contributed by atoms with Gasteiger partial charge in [-0.15, -0.1) is 11.3 Å². The van der Waals surface area contributed by atoms with Crippen LogP contribution in [0.3, 0.4) is 0 Å². The molecule has 0 radical (unpaired) electrons. The number of amides is 4. The van der Waals surface area contributed by atoms with E-state index in [4.69, 9.17) is 0 Å². The summed E-state index contributed by atoms with van der Waals surface area (Å²) >= 11 is 1.34. The number of hydrogen-bond donors (Lipinski definition) is 4. The van der Waals surface area contributed by atoms with Crippen LogP contribution in [0, 0.1) is 11.8 Å². The maximum Gasteiger partial charge on any atom is 0.287 e. The average molecular weight is 636 g/mol. The summed E-state index contributed by atoms with van der Waals surface area (Å²) in [5, 5.41) is 12.8. The van der Waals surface area contributed by atoms with Gasteiger partial charge in [0.2, 0.25) is 17.6 Å². The van der Waals surface area contributed by atoms with Gasteiger partial charge in [0.1, 0.15) is 24.0 Å². The second-order valence-corrected chi connectivity index (χ2v) is 13.2. The summed E-state index contributed by atoms with van der Waals surface area (Å²) in [7, 11) is 0. The monoisotopic (exact) mass is 635 g/mol. The van der Waals surface area contributed by atoms with E-state index in [0.29, 0.717) is 16.8 Å². The number of nitrogens with one attached hydrogen (secondary N) is 4. The van der Waals surface area contributed by atoms with Gasteiger partial charge in [-0.3, -0.25) is 33.2 Å². The molecular weight excluding hydrogens is 598 g/mol. The molecule has 3 aromatic rings. The number of carbonyl (C=O) groups is 5. The molecule has 238 valence electrons. The lowest BCUT2D eigenvalue weighted by atomic mass is 9.95. The van der Waals surface area contributed by atoms with Gasteiger partial charge in [0, 0.05) is 42.5 Å². The molecule has 3 aromatic heterocycles. The first-order valence-corrected chi connectivity index (χ1v) is 16.5. The highest BCUT2D eigenvalue weighted by molar-refractivity contribution is 7.15. The fraction of sp³-hybridized carbons (Fsp3) is 0.516. The molecule has 3 heterocycles. The quantitative estimate of drug-likeness (QED) is 0.220. The number of pyridine rings is 1. The van der Waals surface area contributed by atoms with Crippen molar-refractivity contribution in [2.24, 2.45) is 11.8 Å². The first kappa shape index (κ1) is 30.7. The Hall–Kier alpha value is -4.33. The van der Waals surface area contributed by atoms with Crippen molar-refractivity contribution in [2.75, 3.05) is 5.32 Å². The van der Waals surface area contributed by atoms with Crippen molar-refractivity contribution in [3.63, 3.8) is 0 Å². The number of imidazole rings is 1. The molecule has 45 heavy (non-hydrogen) atoms. The van der Waals surface area contributed by atoms with Crippen molar-refractivity contribution < 1.29 is 24.0 Å². The van der Waals surface area contributed by atoms with Crippen molar-refractivity contribution in [2.45, 2.75) is 88.9 Å². The zero-order chi connectivity index (χ0) is 31.5. The fourth-order valence-electron chi connectivity index (χ4n) is 6.87. The number of aromatic nitrogens is 3. The van der Waals surface area contributed by atoms with Crippen molar-refractivity contribution in [1.29, 1.82) is 0 Å². The minimum Gasteiger partial charge on any atom is -0.352 e. The molecule has 2 bridgehead atoms. The highest BCUT2D eigenvalue weighted by Gasteiger charge is 2.40. The largest absolute Gasteiger partial charge is 0.352 e. The predicted octanol–water partition coefficient (Wildman–Crippen LogP) is 2.01. The van der Waals surface area contributed by atoms with E-state index in [1.807, 2.05) is 5.38 Å². The summed E-state index contributed by atoms with van der Waals surface area (Å²) in [5.41, 5.74) is -0.587. The van der Waals surface area contributed by atoms with Crippen molar-refractivity contribution in [3.05, 3.63) is 52.2 Å². The molecule has 4 N–H and O–H groups in total. The minimum absolute atomic E-state index is 0.0364. The molecule has 0 aliphatic heterocycles. The number of hydrogen-bond acceptors (Lipinski definition) is 8. The first-order chi connectivity index (χ1) is 21.7. The summed E-state index contributed by atoms with van der Waals surface area (Å²) < 4.78 is 2.89. The molecule has 3 aliphatic rings. The van der Waals surface area contributed by atoms with Crippen LogP contribution in [0.5, 0.6) is 0 Å². The van der Waals surface area contributed by atoms with E-state index in [2.05, 4.69) is 26.3 Å². The van der Waals surface area contributed by atoms with E-state index < -0.39 is 35.1 Å². The van der Waals surface area contributed by atoms with Crippen molar-refractivity contribution >= 4 is 51.4 Å². The number of fused-ring (bicyclic) bond motifs is 3. The SMILES string of the molecule is O=C(Cn1cccc(NC(=O)[C@H](CCC(=O)C(=O)NC2CCCC2)NC(=O)c2cn3ccsc3n2)c1=O)NC1CC2CCC1C2. The number of nitrogens with zero attached hydrogens (tertiary/aromatic N) is 3. The number of rotatable bonds is 12. The van der Waals surface area contributed by atoms with Crippen LogP contribution >= 0.6 is 11.3 Å². The standard InChI is InChI=1S/C31H37N7O6S/c39-25(29(43)32-20-4-1-2-5-20)10-9-21(34-28(42)24-16-38-12-13-45-31(38)36-24)27(41)35-22-6-3-11-37(30(22)44)17-26(40)33-23-15-18-7-8-19(23)14-18/h3,6,11-13,16,18-21,23H,1-2,4-5,7-10,14-15,17H2,(H,32,43)(H,33,40)(H,34,42)(H,35,41)/t18?,19?,21-,23?/m0/s1. The van der Waals surface area contributed by atoms with Gasteiger partial charge in [-0.25, -0.2) is 4.98 Å². The lowest BCUT2D eigenvalue weighted by Gasteiger charge is -2.23. The molecular formula is C31H37N7O6S. The number of Topliss-reactive ketones (excluding diaryl/α,β-unsaturated/α-hetero) is 1. The Morgan fingerprint density at radius 1 is 1.02 bits per heavy atom. The maximum atomic E-state index is 13.5. The molecule has 3 fully saturated rings. The fourth-order valence-corrected chi connectivity index (χ4v) is 7.57. The Kier molecular flexibility index (Phi) is 9.10. The van der Waals surface area contributed by atoms with E-state index in [1.54, 1.807) is 16.7 Å². The summed E-state index contributed by atoms with van der Waals surface area (Å²) in [6, 6.07) is 1.80.